The molecule has 0 aliphatic carbocycles. The molecule has 1 heterocycles. The Morgan fingerprint density at radius 1 is 1.47 bits per heavy atom. The van der Waals surface area contributed by atoms with Crippen LogP contribution < -0.4 is 10.6 Å². The number of amides is 1. The van der Waals surface area contributed by atoms with Crippen LogP contribution in [0, 0.1) is 5.92 Å². The molecular weight excluding hydrogens is 242 g/mol. The minimum Gasteiger partial charge on any atom is -0.441 e. The summed E-state index contributed by atoms with van der Waals surface area (Å²) in [4.78, 5) is 16.3. The van der Waals surface area contributed by atoms with E-state index in [9.17, 15) is 4.79 Å². The summed E-state index contributed by atoms with van der Waals surface area (Å²) in [5, 5.41) is 5.87. The van der Waals surface area contributed by atoms with Crippen molar-refractivity contribution in [2.75, 3.05) is 18.9 Å². The molecule has 102 valence electrons. The molecule has 19 heavy (non-hydrogen) atoms. The van der Waals surface area contributed by atoms with Crippen LogP contribution in [0.4, 0.5) is 5.69 Å². The smallest absolute Gasteiger partial charge is 0.228 e. The van der Waals surface area contributed by atoms with Crippen molar-refractivity contribution in [1.29, 1.82) is 0 Å². The van der Waals surface area contributed by atoms with Crippen LogP contribution in [-0.2, 0) is 11.2 Å². The highest BCUT2D eigenvalue weighted by Gasteiger charge is 2.12. The SMILES string of the molecule is CCc1nc2cc(NC(=O)C(C)CNC)ccc2o1. The van der Waals surface area contributed by atoms with E-state index < -0.39 is 0 Å². The van der Waals surface area contributed by atoms with Gasteiger partial charge in [0.1, 0.15) is 5.52 Å². The van der Waals surface area contributed by atoms with Crippen LogP contribution in [0.5, 0.6) is 0 Å². The number of nitrogens with zero attached hydrogens (tertiary/aromatic N) is 1. The Hall–Kier alpha value is -1.88. The summed E-state index contributed by atoms with van der Waals surface area (Å²) >= 11 is 0. The molecule has 1 atom stereocenters. The van der Waals surface area contributed by atoms with Crippen LogP contribution in [0.15, 0.2) is 22.6 Å². The molecule has 0 saturated heterocycles. The molecule has 1 aromatic carbocycles. The maximum absolute atomic E-state index is 11.9. The van der Waals surface area contributed by atoms with Crippen molar-refractivity contribution in [2.45, 2.75) is 20.3 Å². The fourth-order valence-corrected chi connectivity index (χ4v) is 1.87. The van der Waals surface area contributed by atoms with Gasteiger partial charge in [-0.1, -0.05) is 13.8 Å². The largest absolute Gasteiger partial charge is 0.441 e. The Kier molecular flexibility index (Phi) is 4.16. The molecule has 0 saturated carbocycles. The van der Waals surface area contributed by atoms with Crippen molar-refractivity contribution in [3.63, 3.8) is 0 Å². The molecule has 0 fully saturated rings. The molecule has 0 spiro atoms. The number of carbonyl (C=O) groups excluding carboxylic acids is 1. The van der Waals surface area contributed by atoms with E-state index >= 15 is 0 Å². The summed E-state index contributed by atoms with van der Waals surface area (Å²) in [5.74, 6) is 0.624. The van der Waals surface area contributed by atoms with Crippen molar-refractivity contribution in [1.82, 2.24) is 10.3 Å². The number of hydrogen-bond donors (Lipinski definition) is 2. The van der Waals surface area contributed by atoms with E-state index in [0.29, 0.717) is 12.4 Å². The fourth-order valence-electron chi connectivity index (χ4n) is 1.87. The first-order valence-corrected chi connectivity index (χ1v) is 6.49. The van der Waals surface area contributed by atoms with Crippen molar-refractivity contribution in [3.05, 3.63) is 24.1 Å². The second kappa shape index (κ2) is 5.84. The summed E-state index contributed by atoms with van der Waals surface area (Å²) in [6.07, 6.45) is 0.759. The zero-order valence-electron chi connectivity index (χ0n) is 11.5. The Labute approximate surface area is 112 Å². The van der Waals surface area contributed by atoms with Crippen molar-refractivity contribution in [2.24, 2.45) is 5.92 Å². The van der Waals surface area contributed by atoms with Crippen molar-refractivity contribution < 1.29 is 9.21 Å². The first-order valence-electron chi connectivity index (χ1n) is 6.49. The third-order valence-electron chi connectivity index (χ3n) is 2.96. The minimum absolute atomic E-state index is 0.00656. The molecule has 1 aromatic heterocycles. The van der Waals surface area contributed by atoms with Crippen molar-refractivity contribution in [3.8, 4) is 0 Å². The van der Waals surface area contributed by atoms with Crippen LogP contribution in [0.25, 0.3) is 11.1 Å². The van der Waals surface area contributed by atoms with Crippen molar-refractivity contribution >= 4 is 22.7 Å². The van der Waals surface area contributed by atoms with Crippen LogP contribution >= 0.6 is 0 Å². The van der Waals surface area contributed by atoms with Gasteiger partial charge < -0.3 is 15.1 Å². The Balaban J connectivity index is 2.14. The van der Waals surface area contributed by atoms with Gasteiger partial charge >= 0.3 is 0 Å². The molecule has 2 aromatic rings. The molecule has 2 rings (SSSR count). The third-order valence-corrected chi connectivity index (χ3v) is 2.96. The maximum Gasteiger partial charge on any atom is 0.228 e. The first-order chi connectivity index (χ1) is 9.13. The second-order valence-electron chi connectivity index (χ2n) is 4.59. The topological polar surface area (TPSA) is 67.2 Å². The zero-order valence-corrected chi connectivity index (χ0v) is 11.5. The predicted octanol–water partition coefficient (Wildman–Crippen LogP) is 2.18. The monoisotopic (exact) mass is 261 g/mol. The highest BCUT2D eigenvalue weighted by atomic mass is 16.3. The normalized spacial score (nSPS) is 12.6. The highest BCUT2D eigenvalue weighted by Crippen LogP contribution is 2.20. The average Bonchev–Trinajstić information content (AvgIpc) is 2.81. The Morgan fingerprint density at radius 3 is 2.95 bits per heavy atom. The van der Waals surface area contributed by atoms with Gasteiger partial charge in [-0.15, -0.1) is 0 Å². The minimum atomic E-state index is -0.0794. The standard InChI is InChI=1S/C14H19N3O2/c1-4-13-17-11-7-10(5-6-12(11)19-13)16-14(18)9(2)8-15-3/h5-7,9,15H,4,8H2,1-3H3,(H,16,18). The maximum atomic E-state index is 11.9. The molecule has 1 amide bonds. The number of fused-ring (bicyclic) bond motifs is 1. The van der Waals surface area contributed by atoms with Gasteiger partial charge in [0, 0.05) is 24.6 Å². The molecule has 2 N–H and O–H groups in total. The molecule has 1 unspecified atom stereocenters. The number of hydrogen-bond acceptors (Lipinski definition) is 4. The molecule has 5 nitrogen and oxygen atoms in total. The summed E-state index contributed by atoms with van der Waals surface area (Å²) in [5.41, 5.74) is 2.27. The average molecular weight is 261 g/mol. The molecular formula is C14H19N3O2. The number of carbonyl (C=O) groups is 1. The Bertz CT molecular complexity index is 577. The molecule has 0 aliphatic rings. The first kappa shape index (κ1) is 13.5. The van der Waals surface area contributed by atoms with E-state index in [2.05, 4.69) is 15.6 Å². The number of oxazole rings is 1. The molecule has 0 radical (unpaired) electrons. The van der Waals surface area contributed by atoms with Crippen LogP contribution in [0.3, 0.4) is 0 Å². The van der Waals surface area contributed by atoms with Gasteiger partial charge in [-0.25, -0.2) is 4.98 Å². The van der Waals surface area contributed by atoms with Crippen LogP contribution in [-0.4, -0.2) is 24.5 Å². The molecule has 5 heteroatoms. The lowest BCUT2D eigenvalue weighted by Gasteiger charge is -2.11. The lowest BCUT2D eigenvalue weighted by Crippen LogP contribution is -2.28. The third kappa shape index (κ3) is 3.12. The van der Waals surface area contributed by atoms with Gasteiger partial charge in [0.15, 0.2) is 11.5 Å². The summed E-state index contributed by atoms with van der Waals surface area (Å²) in [7, 11) is 1.83. The summed E-state index contributed by atoms with van der Waals surface area (Å²) in [6.45, 7) is 4.53. The van der Waals surface area contributed by atoms with E-state index in [1.165, 1.54) is 0 Å². The number of aromatic nitrogens is 1. The fraction of sp³-hybridized carbons (Fsp3) is 0.429. The van der Waals surface area contributed by atoms with Crippen LogP contribution in [0.1, 0.15) is 19.7 Å². The lowest BCUT2D eigenvalue weighted by molar-refractivity contribution is -0.119. The lowest BCUT2D eigenvalue weighted by atomic mass is 10.1. The van der Waals surface area contributed by atoms with Gasteiger partial charge in [-0.3, -0.25) is 4.79 Å². The quantitative estimate of drug-likeness (QED) is 0.865. The summed E-state index contributed by atoms with van der Waals surface area (Å²) < 4.78 is 5.53. The highest BCUT2D eigenvalue weighted by molar-refractivity contribution is 5.94. The summed E-state index contributed by atoms with van der Waals surface area (Å²) in [6, 6.07) is 5.50. The van der Waals surface area contributed by atoms with E-state index in [4.69, 9.17) is 4.42 Å². The number of aryl methyl sites for hydroxylation is 1. The van der Waals surface area contributed by atoms with E-state index in [0.717, 1.165) is 23.2 Å². The number of nitrogens with one attached hydrogen (secondary N) is 2. The molecule has 0 bridgehead atoms. The van der Waals surface area contributed by atoms with Gasteiger partial charge in [-0.05, 0) is 25.2 Å². The predicted molar refractivity (Wildman–Crippen MR) is 75.1 cm³/mol. The van der Waals surface area contributed by atoms with E-state index in [-0.39, 0.29) is 11.8 Å². The number of rotatable bonds is 5. The van der Waals surface area contributed by atoms with Gasteiger partial charge in [-0.2, -0.15) is 0 Å². The number of benzene rings is 1. The number of anilines is 1. The van der Waals surface area contributed by atoms with Crippen LogP contribution in [0.2, 0.25) is 0 Å². The van der Waals surface area contributed by atoms with E-state index in [1.807, 2.05) is 39.1 Å². The second-order valence-corrected chi connectivity index (χ2v) is 4.59. The molecule has 0 aliphatic heterocycles. The van der Waals surface area contributed by atoms with Gasteiger partial charge in [0.2, 0.25) is 5.91 Å². The van der Waals surface area contributed by atoms with Gasteiger partial charge in [0.25, 0.3) is 0 Å². The zero-order chi connectivity index (χ0) is 13.8. The van der Waals surface area contributed by atoms with Gasteiger partial charge in [0.05, 0.1) is 0 Å². The van der Waals surface area contributed by atoms with E-state index in [1.54, 1.807) is 0 Å². The Morgan fingerprint density at radius 2 is 2.26 bits per heavy atom.